The van der Waals surface area contributed by atoms with Gasteiger partial charge in [-0.05, 0) is 24.3 Å². The zero-order chi connectivity index (χ0) is 21.8. The molecule has 0 aliphatic carbocycles. The van der Waals surface area contributed by atoms with Crippen LogP contribution >= 0.6 is 0 Å². The summed E-state index contributed by atoms with van der Waals surface area (Å²) in [6.45, 7) is 6.14. The van der Waals surface area contributed by atoms with Gasteiger partial charge in [-0.25, -0.2) is 4.39 Å². The molecule has 0 atom stereocenters. The lowest BCUT2D eigenvalue weighted by molar-refractivity contribution is -0.142. The van der Waals surface area contributed by atoms with Crippen LogP contribution in [0.5, 0.6) is 11.5 Å². The zero-order valence-electron chi connectivity index (χ0n) is 16.1. The molecule has 0 amide bonds. The fourth-order valence-corrected chi connectivity index (χ4v) is 2.80. The van der Waals surface area contributed by atoms with Gasteiger partial charge in [-0.15, -0.1) is 0 Å². The third-order valence-corrected chi connectivity index (χ3v) is 4.64. The quantitative estimate of drug-likeness (QED) is 0.387. The van der Waals surface area contributed by atoms with Crippen molar-refractivity contribution >= 4 is 14.0 Å². The predicted octanol–water partition coefficient (Wildman–Crippen LogP) is 4.80. The van der Waals surface area contributed by atoms with Crippen molar-refractivity contribution in [2.24, 2.45) is 0 Å². The van der Waals surface area contributed by atoms with Crippen LogP contribution < -0.4 is 4.74 Å². The van der Waals surface area contributed by atoms with Gasteiger partial charge in [0.15, 0.2) is 11.5 Å². The summed E-state index contributed by atoms with van der Waals surface area (Å²) in [6, 6.07) is 4.13. The highest BCUT2D eigenvalue weighted by Gasteiger charge is 2.32. The first kappa shape index (κ1) is 22.7. The van der Waals surface area contributed by atoms with Crippen LogP contribution in [0.2, 0.25) is 19.6 Å². The molecule has 0 spiro atoms. The van der Waals surface area contributed by atoms with Crippen LogP contribution in [0.4, 0.5) is 17.6 Å². The standard InChI is InChI=1S/C19H21F4NO4Si/c1-29(2,3)11-28-17(26)6-7-27-16-5-4-12(8-15(16)25)18-14(20)9-13(10-24-18)19(21,22)23/h4-5,8-10,25H,6-7,11H2,1-3H3. The first-order valence-corrected chi connectivity index (χ1v) is 12.4. The van der Waals surface area contributed by atoms with Crippen molar-refractivity contribution < 1.29 is 36.9 Å². The number of carbonyl (C=O) groups excluding carboxylic acids is 1. The molecule has 1 aromatic heterocycles. The Bertz CT molecular complexity index is 881. The van der Waals surface area contributed by atoms with Crippen molar-refractivity contribution in [3.05, 3.63) is 41.8 Å². The predicted molar refractivity (Wildman–Crippen MR) is 101 cm³/mol. The molecule has 5 nitrogen and oxygen atoms in total. The fraction of sp³-hybridized carbons (Fsp3) is 0.368. The number of aromatic hydroxyl groups is 1. The second kappa shape index (κ2) is 8.81. The number of halogens is 4. The van der Waals surface area contributed by atoms with Gasteiger partial charge in [-0.3, -0.25) is 9.78 Å². The summed E-state index contributed by atoms with van der Waals surface area (Å²) in [4.78, 5) is 15.2. The van der Waals surface area contributed by atoms with E-state index in [4.69, 9.17) is 9.47 Å². The number of hydrogen-bond acceptors (Lipinski definition) is 5. The summed E-state index contributed by atoms with van der Waals surface area (Å²) in [6.07, 6.45) is -3.80. The highest BCUT2D eigenvalue weighted by molar-refractivity contribution is 6.76. The lowest BCUT2D eigenvalue weighted by Gasteiger charge is -2.15. The van der Waals surface area contributed by atoms with Crippen LogP contribution in [-0.4, -0.2) is 37.0 Å². The Labute approximate surface area is 166 Å². The number of hydrogen-bond donors (Lipinski definition) is 1. The Morgan fingerprint density at radius 2 is 1.90 bits per heavy atom. The first-order valence-electron chi connectivity index (χ1n) is 8.71. The fourth-order valence-electron chi connectivity index (χ4n) is 2.21. The van der Waals surface area contributed by atoms with Crippen molar-refractivity contribution in [1.29, 1.82) is 0 Å². The molecule has 158 valence electrons. The van der Waals surface area contributed by atoms with Gasteiger partial charge in [0.2, 0.25) is 0 Å². The number of aromatic nitrogens is 1. The van der Waals surface area contributed by atoms with E-state index in [2.05, 4.69) is 24.6 Å². The molecule has 0 radical (unpaired) electrons. The van der Waals surface area contributed by atoms with E-state index in [0.29, 0.717) is 18.5 Å². The van der Waals surface area contributed by atoms with E-state index in [0.717, 1.165) is 6.07 Å². The van der Waals surface area contributed by atoms with E-state index >= 15 is 0 Å². The van der Waals surface area contributed by atoms with Crippen molar-refractivity contribution in [2.75, 3.05) is 12.8 Å². The Hall–Kier alpha value is -2.62. The van der Waals surface area contributed by atoms with Gasteiger partial charge in [-0.2, -0.15) is 13.2 Å². The van der Waals surface area contributed by atoms with Gasteiger partial charge >= 0.3 is 12.1 Å². The van der Waals surface area contributed by atoms with E-state index in [1.54, 1.807) is 0 Å². The summed E-state index contributed by atoms with van der Waals surface area (Å²) < 4.78 is 62.3. The van der Waals surface area contributed by atoms with E-state index in [9.17, 15) is 27.5 Å². The summed E-state index contributed by atoms with van der Waals surface area (Å²) in [7, 11) is -1.51. The Balaban J connectivity index is 2.01. The first-order chi connectivity index (χ1) is 13.4. The number of rotatable bonds is 7. The number of phenolic OH excluding ortho intramolecular Hbond substituents is 1. The van der Waals surface area contributed by atoms with Crippen LogP contribution in [0.1, 0.15) is 12.0 Å². The summed E-state index contributed by atoms with van der Waals surface area (Å²) in [5, 5.41) is 10.0. The van der Waals surface area contributed by atoms with Crippen LogP contribution in [-0.2, 0) is 15.7 Å². The average molecular weight is 431 g/mol. The number of phenols is 1. The molecule has 29 heavy (non-hydrogen) atoms. The smallest absolute Gasteiger partial charge is 0.417 e. The van der Waals surface area contributed by atoms with Crippen LogP contribution in [0.3, 0.4) is 0 Å². The molecular formula is C19H21F4NO4Si. The zero-order valence-corrected chi connectivity index (χ0v) is 17.1. The van der Waals surface area contributed by atoms with Gasteiger partial charge in [0.25, 0.3) is 0 Å². The Kier molecular flexibility index (Phi) is 6.88. The molecule has 0 unspecified atom stereocenters. The van der Waals surface area contributed by atoms with Crippen LogP contribution in [0, 0.1) is 5.82 Å². The summed E-state index contributed by atoms with van der Waals surface area (Å²) in [5.41, 5.74) is -1.46. The topological polar surface area (TPSA) is 68.7 Å². The molecule has 0 aliphatic heterocycles. The number of alkyl halides is 3. The largest absolute Gasteiger partial charge is 0.504 e. The van der Waals surface area contributed by atoms with E-state index in [1.165, 1.54) is 12.1 Å². The highest BCUT2D eigenvalue weighted by atomic mass is 28.3. The molecule has 0 bridgehead atoms. The monoisotopic (exact) mass is 431 g/mol. The van der Waals surface area contributed by atoms with Gasteiger partial charge < -0.3 is 14.6 Å². The number of benzene rings is 1. The van der Waals surface area contributed by atoms with Crippen molar-refractivity contribution in [3.63, 3.8) is 0 Å². The molecule has 10 heteroatoms. The molecule has 0 aliphatic rings. The lowest BCUT2D eigenvalue weighted by atomic mass is 10.1. The average Bonchev–Trinajstić information content (AvgIpc) is 2.60. The Morgan fingerprint density at radius 1 is 1.21 bits per heavy atom. The third kappa shape index (κ3) is 6.74. The molecular weight excluding hydrogens is 410 g/mol. The normalized spacial score (nSPS) is 12.0. The number of nitrogens with zero attached hydrogens (tertiary/aromatic N) is 1. The van der Waals surface area contributed by atoms with E-state index in [1.807, 2.05) is 0 Å². The van der Waals surface area contributed by atoms with Crippen molar-refractivity contribution in [2.45, 2.75) is 32.2 Å². The van der Waals surface area contributed by atoms with Gasteiger partial charge in [0.1, 0.15) is 11.5 Å². The molecule has 0 fully saturated rings. The van der Waals surface area contributed by atoms with Crippen LogP contribution in [0.15, 0.2) is 30.5 Å². The number of carbonyl (C=O) groups is 1. The van der Waals surface area contributed by atoms with Gasteiger partial charge in [-0.1, -0.05) is 19.6 Å². The van der Waals surface area contributed by atoms with Crippen LogP contribution in [0.25, 0.3) is 11.3 Å². The second-order valence-corrected chi connectivity index (χ2v) is 13.0. The minimum atomic E-state index is -4.71. The van der Waals surface area contributed by atoms with Crippen molar-refractivity contribution in [3.8, 4) is 22.8 Å². The minimum Gasteiger partial charge on any atom is -0.504 e. The molecule has 2 rings (SSSR count). The molecule has 0 saturated carbocycles. The number of pyridine rings is 1. The lowest BCUT2D eigenvalue weighted by Crippen LogP contribution is -2.30. The molecule has 0 saturated heterocycles. The summed E-state index contributed by atoms with van der Waals surface area (Å²) >= 11 is 0. The molecule has 1 N–H and O–H groups in total. The molecule has 2 aromatic rings. The van der Waals surface area contributed by atoms with Crippen molar-refractivity contribution in [1.82, 2.24) is 4.98 Å². The highest BCUT2D eigenvalue weighted by Crippen LogP contribution is 2.34. The van der Waals surface area contributed by atoms with Gasteiger partial charge in [0, 0.05) is 11.8 Å². The molecule has 1 heterocycles. The maximum Gasteiger partial charge on any atom is 0.417 e. The molecule has 1 aromatic carbocycles. The van der Waals surface area contributed by atoms with Gasteiger partial charge in [0.05, 0.1) is 32.9 Å². The number of ether oxygens (including phenoxy) is 2. The maximum atomic E-state index is 14.0. The minimum absolute atomic E-state index is 0.0131. The Morgan fingerprint density at radius 3 is 2.45 bits per heavy atom. The SMILES string of the molecule is C[Si](C)(C)COC(=O)CCOc1ccc(-c2ncc(C(F)(F)F)cc2F)cc1O. The third-order valence-electron chi connectivity index (χ3n) is 3.63. The maximum absolute atomic E-state index is 14.0. The summed E-state index contributed by atoms with van der Waals surface area (Å²) in [5.74, 6) is -1.91. The van der Waals surface area contributed by atoms with E-state index in [-0.39, 0.29) is 35.8 Å². The second-order valence-electron chi connectivity index (χ2n) is 7.55. The number of esters is 1. The van der Waals surface area contributed by atoms with E-state index < -0.39 is 31.6 Å².